The van der Waals surface area contributed by atoms with Gasteiger partial charge in [0.25, 0.3) is 5.91 Å². The van der Waals surface area contributed by atoms with E-state index in [0.29, 0.717) is 10.1 Å². The second kappa shape index (κ2) is 5.98. The normalized spacial score (nSPS) is 10.5. The fourth-order valence-electron chi connectivity index (χ4n) is 1.86. The number of rotatable bonds is 3. The molecule has 0 aliphatic heterocycles. The molecule has 2 aromatic heterocycles. The second-order valence-corrected chi connectivity index (χ2v) is 5.43. The number of hydrogen-bond acceptors (Lipinski definition) is 5. The van der Waals surface area contributed by atoms with Gasteiger partial charge in [-0.15, -0.1) is 10.2 Å². The summed E-state index contributed by atoms with van der Waals surface area (Å²) in [7, 11) is 1.55. The third-order valence-corrected chi connectivity index (χ3v) is 4.09. The van der Waals surface area contributed by atoms with Crippen LogP contribution in [0.15, 0.2) is 48.8 Å². The molecule has 0 atom stereocenters. The van der Waals surface area contributed by atoms with Crippen LogP contribution in [0, 0.1) is 5.82 Å². The zero-order valence-corrected chi connectivity index (χ0v) is 12.4. The lowest BCUT2D eigenvalue weighted by molar-refractivity contribution is 0.0989. The topological polar surface area (TPSA) is 59.0 Å². The number of halogens is 1. The quantitative estimate of drug-likeness (QED) is 0.745. The van der Waals surface area contributed by atoms with E-state index in [4.69, 9.17) is 0 Å². The van der Waals surface area contributed by atoms with E-state index in [1.54, 1.807) is 31.6 Å². The van der Waals surface area contributed by atoms with Crippen molar-refractivity contribution >= 4 is 22.4 Å². The lowest BCUT2D eigenvalue weighted by Gasteiger charge is -2.13. The number of amides is 1. The summed E-state index contributed by atoms with van der Waals surface area (Å²) in [6.07, 6.45) is 3.31. The Morgan fingerprint density at radius 2 is 1.86 bits per heavy atom. The van der Waals surface area contributed by atoms with Gasteiger partial charge < -0.3 is 0 Å². The van der Waals surface area contributed by atoms with Crippen molar-refractivity contribution in [3.63, 3.8) is 0 Å². The first-order valence-corrected chi connectivity index (χ1v) is 7.25. The van der Waals surface area contributed by atoms with Gasteiger partial charge in [-0.25, -0.2) is 4.39 Å². The number of benzene rings is 1. The van der Waals surface area contributed by atoms with Crippen molar-refractivity contribution in [2.24, 2.45) is 0 Å². The van der Waals surface area contributed by atoms with Crippen molar-refractivity contribution < 1.29 is 9.18 Å². The molecule has 0 fully saturated rings. The van der Waals surface area contributed by atoms with E-state index in [1.807, 2.05) is 12.1 Å². The van der Waals surface area contributed by atoms with Gasteiger partial charge in [0.15, 0.2) is 0 Å². The summed E-state index contributed by atoms with van der Waals surface area (Å²) in [6.45, 7) is 0. The summed E-state index contributed by atoms with van der Waals surface area (Å²) in [5.41, 5.74) is 0.871. The molecule has 0 N–H and O–H groups in total. The molecule has 3 aromatic rings. The molecule has 1 amide bonds. The SMILES string of the molecule is CN(C(=O)c1ccccc1F)c1nnc(-c2ccncc2)s1. The number of aromatic nitrogens is 3. The molecule has 22 heavy (non-hydrogen) atoms. The van der Waals surface area contributed by atoms with Crippen LogP contribution in [0.5, 0.6) is 0 Å². The zero-order valence-electron chi connectivity index (χ0n) is 11.6. The van der Waals surface area contributed by atoms with E-state index >= 15 is 0 Å². The van der Waals surface area contributed by atoms with E-state index in [0.717, 1.165) is 5.56 Å². The molecule has 1 aromatic carbocycles. The van der Waals surface area contributed by atoms with Crippen molar-refractivity contribution in [2.45, 2.75) is 0 Å². The predicted molar refractivity (Wildman–Crippen MR) is 82.3 cm³/mol. The maximum atomic E-state index is 13.7. The Labute approximate surface area is 130 Å². The van der Waals surface area contributed by atoms with Gasteiger partial charge >= 0.3 is 0 Å². The summed E-state index contributed by atoms with van der Waals surface area (Å²) >= 11 is 1.26. The highest BCUT2D eigenvalue weighted by atomic mass is 32.1. The fraction of sp³-hybridized carbons (Fsp3) is 0.0667. The highest BCUT2D eigenvalue weighted by molar-refractivity contribution is 7.18. The highest BCUT2D eigenvalue weighted by Crippen LogP contribution is 2.28. The number of nitrogens with zero attached hydrogens (tertiary/aromatic N) is 4. The Kier molecular flexibility index (Phi) is 3.88. The van der Waals surface area contributed by atoms with Gasteiger partial charge in [-0.2, -0.15) is 0 Å². The third-order valence-electron chi connectivity index (χ3n) is 3.04. The number of pyridine rings is 1. The maximum absolute atomic E-state index is 13.7. The molecule has 7 heteroatoms. The summed E-state index contributed by atoms with van der Waals surface area (Å²) in [5, 5.41) is 9.13. The van der Waals surface area contributed by atoms with Gasteiger partial charge in [-0.05, 0) is 24.3 Å². The van der Waals surface area contributed by atoms with Crippen molar-refractivity contribution in [2.75, 3.05) is 11.9 Å². The van der Waals surface area contributed by atoms with Crippen LogP contribution in [0.4, 0.5) is 9.52 Å². The minimum atomic E-state index is -0.557. The highest BCUT2D eigenvalue weighted by Gasteiger charge is 2.20. The largest absolute Gasteiger partial charge is 0.286 e. The smallest absolute Gasteiger partial charge is 0.262 e. The van der Waals surface area contributed by atoms with E-state index in [1.165, 1.54) is 28.4 Å². The molecule has 0 radical (unpaired) electrons. The van der Waals surface area contributed by atoms with Gasteiger partial charge in [0.1, 0.15) is 10.8 Å². The second-order valence-electron chi connectivity index (χ2n) is 4.47. The van der Waals surface area contributed by atoms with Crippen LogP contribution in [0.3, 0.4) is 0 Å². The number of anilines is 1. The van der Waals surface area contributed by atoms with E-state index in [-0.39, 0.29) is 5.56 Å². The molecular weight excluding hydrogens is 303 g/mol. The van der Waals surface area contributed by atoms with E-state index < -0.39 is 11.7 Å². The van der Waals surface area contributed by atoms with Crippen LogP contribution in [0.2, 0.25) is 0 Å². The lowest BCUT2D eigenvalue weighted by Crippen LogP contribution is -2.26. The standard InChI is InChI=1S/C15H11FN4OS/c1-20(14(21)11-4-2-3-5-12(11)16)15-19-18-13(22-15)10-6-8-17-9-7-10/h2-9H,1H3. The predicted octanol–water partition coefficient (Wildman–Crippen LogP) is 3.02. The first-order chi connectivity index (χ1) is 10.7. The Balaban J connectivity index is 1.87. The summed E-state index contributed by atoms with van der Waals surface area (Å²) in [5.74, 6) is -1.02. The molecule has 0 aliphatic rings. The van der Waals surface area contributed by atoms with Crippen LogP contribution in [0.1, 0.15) is 10.4 Å². The molecule has 0 spiro atoms. The molecule has 3 rings (SSSR count). The molecular formula is C15H11FN4OS. The maximum Gasteiger partial charge on any atom is 0.262 e. The Hall–Kier alpha value is -2.67. The molecule has 110 valence electrons. The van der Waals surface area contributed by atoms with Crippen LogP contribution in [0.25, 0.3) is 10.6 Å². The minimum absolute atomic E-state index is 0.00524. The molecule has 0 aliphatic carbocycles. The molecule has 0 bridgehead atoms. The van der Waals surface area contributed by atoms with E-state index in [9.17, 15) is 9.18 Å². The van der Waals surface area contributed by atoms with Gasteiger partial charge in [-0.3, -0.25) is 14.7 Å². The molecule has 0 saturated heterocycles. The number of hydrogen-bond donors (Lipinski definition) is 0. The van der Waals surface area contributed by atoms with Gasteiger partial charge in [0, 0.05) is 25.0 Å². The fourth-order valence-corrected chi connectivity index (χ4v) is 2.67. The van der Waals surface area contributed by atoms with Crippen molar-refractivity contribution in [1.29, 1.82) is 0 Å². The van der Waals surface area contributed by atoms with Gasteiger partial charge in [0.05, 0.1) is 5.56 Å². The monoisotopic (exact) mass is 314 g/mol. The molecule has 2 heterocycles. The van der Waals surface area contributed by atoms with Crippen LogP contribution in [-0.2, 0) is 0 Å². The summed E-state index contributed by atoms with van der Waals surface area (Å²) < 4.78 is 13.7. The average Bonchev–Trinajstić information content (AvgIpc) is 3.05. The van der Waals surface area contributed by atoms with Gasteiger partial charge in [0.2, 0.25) is 5.13 Å². The first kappa shape index (κ1) is 14.3. The van der Waals surface area contributed by atoms with Crippen LogP contribution in [-0.4, -0.2) is 28.1 Å². The summed E-state index contributed by atoms with van der Waals surface area (Å²) in [4.78, 5) is 17.6. The lowest BCUT2D eigenvalue weighted by atomic mass is 10.2. The Bertz CT molecular complexity index is 806. The number of carbonyl (C=O) groups is 1. The zero-order chi connectivity index (χ0) is 15.5. The Morgan fingerprint density at radius 1 is 1.14 bits per heavy atom. The minimum Gasteiger partial charge on any atom is -0.286 e. The average molecular weight is 314 g/mol. The van der Waals surface area contributed by atoms with Crippen LogP contribution < -0.4 is 4.90 Å². The summed E-state index contributed by atoms with van der Waals surface area (Å²) in [6, 6.07) is 9.47. The van der Waals surface area contributed by atoms with Crippen molar-refractivity contribution in [3.05, 3.63) is 60.2 Å². The molecule has 5 nitrogen and oxygen atoms in total. The van der Waals surface area contributed by atoms with Gasteiger partial charge in [-0.1, -0.05) is 23.5 Å². The van der Waals surface area contributed by atoms with Crippen molar-refractivity contribution in [1.82, 2.24) is 15.2 Å². The first-order valence-electron chi connectivity index (χ1n) is 6.43. The van der Waals surface area contributed by atoms with Crippen molar-refractivity contribution in [3.8, 4) is 10.6 Å². The van der Waals surface area contributed by atoms with E-state index in [2.05, 4.69) is 15.2 Å². The third kappa shape index (κ3) is 2.71. The number of carbonyl (C=O) groups excluding carboxylic acids is 1. The van der Waals surface area contributed by atoms with Crippen LogP contribution >= 0.6 is 11.3 Å². The molecule has 0 unspecified atom stereocenters. The molecule has 0 saturated carbocycles. The Morgan fingerprint density at radius 3 is 2.59 bits per heavy atom.